The molecule has 8 nitrogen and oxygen atoms in total. The Kier molecular flexibility index (Phi) is 10.8. The van der Waals surface area contributed by atoms with E-state index in [2.05, 4.69) is 17.1 Å². The Hall–Kier alpha value is -2.27. The zero-order valence-electron chi connectivity index (χ0n) is 24.2. The Bertz CT molecular complexity index is 1260. The van der Waals surface area contributed by atoms with Gasteiger partial charge >= 0.3 is 0 Å². The fraction of sp³-hybridized carbons (Fsp3) is 0.600. The average molecular weight is 589 g/mol. The van der Waals surface area contributed by atoms with E-state index in [1.807, 2.05) is 18.7 Å². The van der Waals surface area contributed by atoms with Crippen molar-refractivity contribution in [2.24, 2.45) is 0 Å². The fourth-order valence-electron chi connectivity index (χ4n) is 5.48. The quantitative estimate of drug-likeness (QED) is 0.329. The van der Waals surface area contributed by atoms with Crippen LogP contribution in [-0.4, -0.2) is 73.6 Å². The summed E-state index contributed by atoms with van der Waals surface area (Å²) < 4.78 is 28.2. The van der Waals surface area contributed by atoms with E-state index in [1.165, 1.54) is 23.5 Å². The van der Waals surface area contributed by atoms with Crippen molar-refractivity contribution in [3.63, 3.8) is 0 Å². The number of nitrogens with zero attached hydrogens (tertiary/aromatic N) is 3. The molecule has 1 aromatic carbocycles. The summed E-state index contributed by atoms with van der Waals surface area (Å²) in [4.78, 5) is 32.6. The fourth-order valence-corrected chi connectivity index (χ4v) is 8.27. The zero-order valence-corrected chi connectivity index (χ0v) is 25.8. The van der Waals surface area contributed by atoms with Gasteiger partial charge in [-0.2, -0.15) is 4.31 Å². The number of carbonyl (C=O) groups is 2. The molecule has 0 bridgehead atoms. The first-order valence-electron chi connectivity index (χ1n) is 14.9. The topological polar surface area (TPSA) is 90.0 Å². The molecule has 220 valence electrons. The molecule has 40 heavy (non-hydrogen) atoms. The van der Waals surface area contributed by atoms with Gasteiger partial charge in [0, 0.05) is 49.7 Å². The number of amides is 2. The van der Waals surface area contributed by atoms with Crippen LogP contribution in [0.1, 0.15) is 96.9 Å². The van der Waals surface area contributed by atoms with E-state index in [-0.39, 0.29) is 16.7 Å². The number of sulfonamides is 1. The number of benzene rings is 1. The van der Waals surface area contributed by atoms with Gasteiger partial charge in [-0.25, -0.2) is 8.42 Å². The first kappa shape index (κ1) is 30.7. The van der Waals surface area contributed by atoms with Crippen LogP contribution in [0.5, 0.6) is 0 Å². The van der Waals surface area contributed by atoms with Gasteiger partial charge < -0.3 is 10.2 Å². The number of rotatable bonds is 13. The zero-order chi connectivity index (χ0) is 28.7. The van der Waals surface area contributed by atoms with E-state index in [4.69, 9.17) is 0 Å². The number of thiophene rings is 1. The largest absolute Gasteiger partial charge is 0.339 e. The van der Waals surface area contributed by atoms with Crippen LogP contribution in [0.4, 0.5) is 5.00 Å². The van der Waals surface area contributed by atoms with Crippen LogP contribution in [0.25, 0.3) is 0 Å². The Labute approximate surface area is 243 Å². The van der Waals surface area contributed by atoms with Crippen molar-refractivity contribution < 1.29 is 18.0 Å². The lowest BCUT2D eigenvalue weighted by atomic mass is 10.0. The first-order valence-corrected chi connectivity index (χ1v) is 17.1. The Morgan fingerprint density at radius 2 is 1.60 bits per heavy atom. The van der Waals surface area contributed by atoms with E-state index in [0.29, 0.717) is 29.2 Å². The Morgan fingerprint density at radius 3 is 2.20 bits per heavy atom. The van der Waals surface area contributed by atoms with E-state index in [9.17, 15) is 18.0 Å². The first-order chi connectivity index (χ1) is 19.3. The highest BCUT2D eigenvalue weighted by molar-refractivity contribution is 7.89. The van der Waals surface area contributed by atoms with Gasteiger partial charge in [0.05, 0.1) is 10.5 Å². The summed E-state index contributed by atoms with van der Waals surface area (Å²) in [6, 6.07) is 6.18. The van der Waals surface area contributed by atoms with E-state index >= 15 is 0 Å². The predicted molar refractivity (Wildman–Crippen MR) is 162 cm³/mol. The molecule has 0 unspecified atom stereocenters. The molecule has 2 aliphatic rings. The summed E-state index contributed by atoms with van der Waals surface area (Å²) in [5.74, 6) is -0.327. The van der Waals surface area contributed by atoms with E-state index in [0.717, 1.165) is 94.5 Å². The van der Waals surface area contributed by atoms with Crippen molar-refractivity contribution in [2.45, 2.75) is 83.6 Å². The second-order valence-electron chi connectivity index (χ2n) is 10.8. The molecule has 2 amide bonds. The van der Waals surface area contributed by atoms with Crippen molar-refractivity contribution in [2.75, 3.05) is 44.6 Å². The highest BCUT2D eigenvalue weighted by atomic mass is 32.2. The predicted octanol–water partition coefficient (Wildman–Crippen LogP) is 5.60. The third-order valence-electron chi connectivity index (χ3n) is 7.79. The minimum absolute atomic E-state index is 0.00920. The maximum Gasteiger partial charge on any atom is 0.257 e. The molecule has 0 spiro atoms. The van der Waals surface area contributed by atoms with Gasteiger partial charge in [-0.05, 0) is 74.9 Å². The van der Waals surface area contributed by atoms with Crippen molar-refractivity contribution >= 4 is 38.2 Å². The van der Waals surface area contributed by atoms with Gasteiger partial charge in [0.1, 0.15) is 5.00 Å². The van der Waals surface area contributed by atoms with Crippen LogP contribution in [0.15, 0.2) is 29.2 Å². The molecular weight excluding hydrogens is 544 g/mol. The van der Waals surface area contributed by atoms with Crippen LogP contribution < -0.4 is 5.32 Å². The lowest BCUT2D eigenvalue weighted by molar-refractivity contribution is 0.0792. The summed E-state index contributed by atoms with van der Waals surface area (Å²) in [6.45, 7) is 11.5. The molecule has 0 radical (unpaired) electrons. The minimum atomic E-state index is -3.64. The molecule has 1 aromatic heterocycles. The molecule has 2 aromatic rings. The molecule has 0 atom stereocenters. The van der Waals surface area contributed by atoms with Crippen molar-refractivity contribution in [1.82, 2.24) is 14.1 Å². The number of hydrogen-bond acceptors (Lipinski definition) is 6. The highest BCUT2D eigenvalue weighted by Gasteiger charge is 2.32. The molecule has 0 aliphatic carbocycles. The lowest BCUT2D eigenvalue weighted by Gasteiger charge is -2.27. The number of carbonyl (C=O) groups excluding carboxylic acids is 2. The smallest absolute Gasteiger partial charge is 0.257 e. The summed E-state index contributed by atoms with van der Waals surface area (Å²) in [6.07, 6.45) is 7.35. The second-order valence-corrected chi connectivity index (χ2v) is 13.9. The number of unbranched alkanes of at least 4 members (excludes halogenated alkanes) is 2. The van der Waals surface area contributed by atoms with Crippen LogP contribution in [0.2, 0.25) is 0 Å². The van der Waals surface area contributed by atoms with E-state index in [1.54, 1.807) is 16.4 Å². The normalized spacial score (nSPS) is 15.9. The SMILES string of the molecule is CCCCN(CCCC)S(=O)(=O)c1ccc(C(=O)Nc2sc3c(c2C(=O)N2CCCC2)CCN(CCC)C3)cc1. The maximum absolute atomic E-state index is 13.6. The molecule has 10 heteroatoms. The standard InChI is InChI=1S/C30H44N4O4S2/c1-4-7-19-34(20-8-5-2)40(37,38)24-13-11-23(12-14-24)28(35)31-29-27(30(36)33-17-9-10-18-33)25-15-21-32(16-6-3)22-26(25)39-29/h11-14H,4-10,15-22H2,1-3H3,(H,31,35). The molecule has 1 saturated heterocycles. The van der Waals surface area contributed by atoms with Crippen molar-refractivity contribution in [3.05, 3.63) is 45.8 Å². The lowest BCUT2D eigenvalue weighted by Crippen LogP contribution is -2.33. The van der Waals surface area contributed by atoms with Gasteiger partial charge in [0.15, 0.2) is 0 Å². The van der Waals surface area contributed by atoms with Crippen molar-refractivity contribution in [3.8, 4) is 0 Å². The minimum Gasteiger partial charge on any atom is -0.339 e. The molecule has 3 heterocycles. The van der Waals surface area contributed by atoms with E-state index < -0.39 is 10.0 Å². The highest BCUT2D eigenvalue weighted by Crippen LogP contribution is 2.38. The molecule has 1 N–H and O–H groups in total. The Morgan fingerprint density at radius 1 is 0.950 bits per heavy atom. The number of anilines is 1. The van der Waals surface area contributed by atoms with Gasteiger partial charge in [-0.15, -0.1) is 11.3 Å². The van der Waals surface area contributed by atoms with Crippen LogP contribution in [-0.2, 0) is 23.0 Å². The summed E-state index contributed by atoms with van der Waals surface area (Å²) in [5.41, 5.74) is 2.09. The molecule has 4 rings (SSSR count). The third kappa shape index (κ3) is 6.95. The van der Waals surface area contributed by atoms with Gasteiger partial charge in [0.25, 0.3) is 11.8 Å². The maximum atomic E-state index is 13.6. The summed E-state index contributed by atoms with van der Waals surface area (Å²) >= 11 is 1.50. The van der Waals surface area contributed by atoms with Crippen LogP contribution in [0.3, 0.4) is 0 Å². The monoisotopic (exact) mass is 588 g/mol. The number of fused-ring (bicyclic) bond motifs is 1. The van der Waals surface area contributed by atoms with Crippen LogP contribution >= 0.6 is 11.3 Å². The molecule has 1 fully saturated rings. The third-order valence-corrected chi connectivity index (χ3v) is 10.8. The Balaban J connectivity index is 1.56. The average Bonchev–Trinajstić information content (AvgIpc) is 3.61. The number of hydrogen-bond donors (Lipinski definition) is 1. The summed E-state index contributed by atoms with van der Waals surface area (Å²) in [7, 11) is -3.64. The number of likely N-dealkylation sites (tertiary alicyclic amines) is 1. The molecule has 0 saturated carbocycles. The number of nitrogens with one attached hydrogen (secondary N) is 1. The van der Waals surface area contributed by atoms with Gasteiger partial charge in [-0.3, -0.25) is 14.5 Å². The molecule has 2 aliphatic heterocycles. The van der Waals surface area contributed by atoms with Gasteiger partial charge in [-0.1, -0.05) is 33.6 Å². The van der Waals surface area contributed by atoms with Crippen molar-refractivity contribution in [1.29, 1.82) is 0 Å². The summed E-state index contributed by atoms with van der Waals surface area (Å²) in [5, 5.41) is 3.63. The van der Waals surface area contributed by atoms with Crippen LogP contribution in [0, 0.1) is 0 Å². The molecular formula is C30H44N4O4S2. The second kappa shape index (κ2) is 14.1. The van der Waals surface area contributed by atoms with Gasteiger partial charge in [0.2, 0.25) is 10.0 Å².